The van der Waals surface area contributed by atoms with E-state index in [1.165, 1.54) is 5.56 Å². The summed E-state index contributed by atoms with van der Waals surface area (Å²) in [4.78, 5) is 12.5. The summed E-state index contributed by atoms with van der Waals surface area (Å²) in [6, 6.07) is 17.6. The maximum atomic E-state index is 12.5. The molecular formula is C23H25Cl2N3O. The summed E-state index contributed by atoms with van der Waals surface area (Å²) in [6.45, 7) is 4.55. The third-order valence-electron chi connectivity index (χ3n) is 5.00. The summed E-state index contributed by atoms with van der Waals surface area (Å²) in [5, 5.41) is 8.91. The zero-order valence-electron chi connectivity index (χ0n) is 16.6. The Bertz CT molecular complexity index is 936. The third-order valence-corrected chi connectivity index (χ3v) is 5.51. The fourth-order valence-electron chi connectivity index (χ4n) is 3.40. The van der Waals surface area contributed by atoms with Crippen molar-refractivity contribution in [3.05, 3.63) is 87.7 Å². The quantitative estimate of drug-likeness (QED) is 0.519. The Morgan fingerprint density at radius 1 is 1.03 bits per heavy atom. The number of carbonyl (C=O) groups excluding carboxylic acids is 1. The molecule has 2 aromatic carbocycles. The third kappa shape index (κ3) is 6.34. The molecule has 29 heavy (non-hydrogen) atoms. The molecule has 4 nitrogen and oxygen atoms in total. The predicted octanol–water partition coefficient (Wildman–Crippen LogP) is 5.42. The van der Waals surface area contributed by atoms with Crippen molar-refractivity contribution in [3.63, 3.8) is 0 Å². The molecule has 3 aromatic rings. The molecule has 0 bridgehead atoms. The van der Waals surface area contributed by atoms with Crippen molar-refractivity contribution in [1.29, 1.82) is 0 Å². The van der Waals surface area contributed by atoms with Crippen molar-refractivity contribution < 1.29 is 4.79 Å². The fraction of sp³-hybridized carbons (Fsp3) is 0.304. The van der Waals surface area contributed by atoms with Crippen molar-refractivity contribution >= 4 is 29.1 Å². The highest BCUT2D eigenvalue weighted by Crippen LogP contribution is 2.26. The molecule has 0 spiro atoms. The first-order valence-electron chi connectivity index (χ1n) is 9.70. The van der Waals surface area contributed by atoms with Crippen LogP contribution < -0.4 is 5.32 Å². The highest BCUT2D eigenvalue weighted by Gasteiger charge is 2.22. The first-order valence-corrected chi connectivity index (χ1v) is 10.5. The van der Waals surface area contributed by atoms with E-state index in [2.05, 4.69) is 10.4 Å². The summed E-state index contributed by atoms with van der Waals surface area (Å²) >= 11 is 12.1. The van der Waals surface area contributed by atoms with Gasteiger partial charge in [0.05, 0.1) is 5.69 Å². The van der Waals surface area contributed by atoms with Crippen LogP contribution in [0.3, 0.4) is 0 Å². The second-order valence-corrected chi connectivity index (χ2v) is 8.19. The average Bonchev–Trinajstić information content (AvgIpc) is 3.12. The van der Waals surface area contributed by atoms with E-state index in [0.717, 1.165) is 17.7 Å². The maximum absolute atomic E-state index is 12.5. The minimum Gasteiger partial charge on any atom is -0.353 e. The highest BCUT2D eigenvalue weighted by atomic mass is 35.5. The molecule has 152 valence electrons. The normalized spacial score (nSPS) is 13.1. The molecule has 1 aromatic heterocycles. The molecule has 0 radical (unpaired) electrons. The zero-order valence-corrected chi connectivity index (χ0v) is 18.1. The Hall–Kier alpha value is -2.30. The Kier molecular flexibility index (Phi) is 7.34. The molecule has 3 rings (SSSR count). The largest absolute Gasteiger partial charge is 0.353 e. The van der Waals surface area contributed by atoms with Crippen LogP contribution in [0.5, 0.6) is 0 Å². The predicted molar refractivity (Wildman–Crippen MR) is 119 cm³/mol. The minimum atomic E-state index is -0.0429. The second kappa shape index (κ2) is 9.95. The maximum Gasteiger partial charge on any atom is 0.222 e. The lowest BCUT2D eigenvalue weighted by Crippen LogP contribution is -2.38. The van der Waals surface area contributed by atoms with Crippen LogP contribution in [0, 0.1) is 6.92 Å². The number of rotatable bonds is 8. The zero-order chi connectivity index (χ0) is 20.8. The second-order valence-electron chi connectivity index (χ2n) is 7.32. The number of benzene rings is 2. The van der Waals surface area contributed by atoms with Crippen molar-refractivity contribution in [2.45, 2.75) is 45.2 Å². The minimum absolute atomic E-state index is 0.0146. The van der Waals surface area contributed by atoms with Gasteiger partial charge in [-0.05, 0) is 61.7 Å². The van der Waals surface area contributed by atoms with Crippen LogP contribution in [0.15, 0.2) is 60.8 Å². The van der Waals surface area contributed by atoms with Gasteiger partial charge in [-0.1, -0.05) is 47.5 Å². The Labute approximate surface area is 181 Å². The van der Waals surface area contributed by atoms with Gasteiger partial charge < -0.3 is 5.32 Å². The van der Waals surface area contributed by atoms with Crippen molar-refractivity contribution in [2.24, 2.45) is 0 Å². The van der Waals surface area contributed by atoms with E-state index in [9.17, 15) is 4.79 Å². The summed E-state index contributed by atoms with van der Waals surface area (Å²) < 4.78 is 1.80. The molecule has 1 amide bonds. The Balaban J connectivity index is 1.69. The van der Waals surface area contributed by atoms with E-state index in [4.69, 9.17) is 23.2 Å². The van der Waals surface area contributed by atoms with Crippen LogP contribution in [-0.2, 0) is 17.8 Å². The smallest absolute Gasteiger partial charge is 0.222 e. The molecule has 6 heteroatoms. The molecule has 0 aliphatic rings. The highest BCUT2D eigenvalue weighted by molar-refractivity contribution is 6.30. The lowest BCUT2D eigenvalue weighted by atomic mass is 9.86. The number of nitrogens with one attached hydrogen (secondary N) is 1. The van der Waals surface area contributed by atoms with Gasteiger partial charge in [0, 0.05) is 41.2 Å². The van der Waals surface area contributed by atoms with E-state index in [1.54, 1.807) is 4.68 Å². The number of amides is 1. The molecular weight excluding hydrogens is 405 g/mol. The van der Waals surface area contributed by atoms with Gasteiger partial charge in [-0.15, -0.1) is 0 Å². The van der Waals surface area contributed by atoms with Gasteiger partial charge in [-0.25, -0.2) is 0 Å². The monoisotopic (exact) mass is 429 g/mol. The molecule has 0 saturated heterocycles. The van der Waals surface area contributed by atoms with Gasteiger partial charge in [0.2, 0.25) is 5.91 Å². The molecule has 1 heterocycles. The Morgan fingerprint density at radius 2 is 1.66 bits per heavy atom. The number of halogens is 2. The number of nitrogens with zero attached hydrogens (tertiary/aromatic N) is 2. The Morgan fingerprint density at radius 3 is 2.24 bits per heavy atom. The topological polar surface area (TPSA) is 46.9 Å². The van der Waals surface area contributed by atoms with Crippen molar-refractivity contribution in [3.8, 4) is 0 Å². The molecule has 0 fully saturated rings. The molecule has 0 saturated carbocycles. The SMILES string of the molecule is Cc1ccn(CCC(=O)N[C@H](C)[C@H](Cc2ccc(Cl)cc2)c2ccc(Cl)cc2)n1. The van der Waals surface area contributed by atoms with Crippen LogP contribution in [-0.4, -0.2) is 21.7 Å². The number of hydrogen-bond acceptors (Lipinski definition) is 2. The number of aromatic nitrogens is 2. The molecule has 0 aliphatic heterocycles. The molecule has 0 unspecified atom stereocenters. The van der Waals surface area contributed by atoms with Crippen LogP contribution in [0.25, 0.3) is 0 Å². The average molecular weight is 430 g/mol. The number of aryl methyl sites for hydroxylation is 2. The first-order chi connectivity index (χ1) is 13.9. The first kappa shape index (κ1) is 21.4. The summed E-state index contributed by atoms with van der Waals surface area (Å²) in [7, 11) is 0. The van der Waals surface area contributed by atoms with E-state index in [-0.39, 0.29) is 17.9 Å². The van der Waals surface area contributed by atoms with Gasteiger partial charge >= 0.3 is 0 Å². The van der Waals surface area contributed by atoms with E-state index in [0.29, 0.717) is 23.0 Å². The lowest BCUT2D eigenvalue weighted by Gasteiger charge is -2.26. The lowest BCUT2D eigenvalue weighted by molar-refractivity contribution is -0.122. The van der Waals surface area contributed by atoms with Gasteiger partial charge in [-0.2, -0.15) is 5.10 Å². The summed E-state index contributed by atoms with van der Waals surface area (Å²) in [5.74, 6) is 0.130. The molecule has 0 aliphatic carbocycles. The van der Waals surface area contributed by atoms with Crippen LogP contribution >= 0.6 is 23.2 Å². The molecule has 1 N–H and O–H groups in total. The van der Waals surface area contributed by atoms with Crippen LogP contribution in [0.4, 0.5) is 0 Å². The van der Waals surface area contributed by atoms with Crippen LogP contribution in [0.1, 0.15) is 36.1 Å². The number of carbonyl (C=O) groups is 1. The summed E-state index contributed by atoms with van der Waals surface area (Å²) in [5.41, 5.74) is 3.26. The van der Waals surface area contributed by atoms with Crippen LogP contribution in [0.2, 0.25) is 10.0 Å². The van der Waals surface area contributed by atoms with Gasteiger partial charge in [0.15, 0.2) is 0 Å². The number of hydrogen-bond donors (Lipinski definition) is 1. The standard InChI is InChI=1S/C23H25Cl2N3O/c1-16-11-13-28(27-16)14-12-23(29)26-17(2)22(19-5-9-21(25)10-6-19)15-18-3-7-20(24)8-4-18/h3-11,13,17,22H,12,14-15H2,1-2H3,(H,26,29)/t17-,22+/m1/s1. The van der Waals surface area contributed by atoms with Crippen molar-refractivity contribution in [1.82, 2.24) is 15.1 Å². The summed E-state index contributed by atoms with van der Waals surface area (Å²) in [6.07, 6.45) is 3.07. The van der Waals surface area contributed by atoms with E-state index in [1.807, 2.05) is 74.6 Å². The van der Waals surface area contributed by atoms with Gasteiger partial charge in [0.25, 0.3) is 0 Å². The van der Waals surface area contributed by atoms with E-state index < -0.39 is 0 Å². The van der Waals surface area contributed by atoms with Gasteiger partial charge in [-0.3, -0.25) is 9.48 Å². The van der Waals surface area contributed by atoms with Gasteiger partial charge in [0.1, 0.15) is 0 Å². The van der Waals surface area contributed by atoms with E-state index >= 15 is 0 Å². The fourth-order valence-corrected chi connectivity index (χ4v) is 3.65. The molecule has 2 atom stereocenters. The van der Waals surface area contributed by atoms with Crippen molar-refractivity contribution in [2.75, 3.05) is 0 Å².